The average molecular weight is 436 g/mol. The monoisotopic (exact) mass is 434 g/mol. The summed E-state index contributed by atoms with van der Waals surface area (Å²) in [5.41, 5.74) is -0.102. The largest absolute Gasteiger partial charge is 0.444 e. The van der Waals surface area contributed by atoms with Crippen LogP contribution in [0.2, 0.25) is 5.15 Å². The highest BCUT2D eigenvalue weighted by Gasteiger charge is 2.38. The predicted molar refractivity (Wildman–Crippen MR) is 99.5 cm³/mol. The van der Waals surface area contributed by atoms with E-state index in [0.29, 0.717) is 10.2 Å². The van der Waals surface area contributed by atoms with Crippen LogP contribution in [-0.2, 0) is 9.53 Å². The number of hydrogen-bond donors (Lipinski definition) is 0. The van der Waals surface area contributed by atoms with Crippen LogP contribution in [0, 0.1) is 0 Å². The summed E-state index contributed by atoms with van der Waals surface area (Å²) in [6.07, 6.45) is -0.524. The number of nitrogens with zero attached hydrogens (tertiary/aromatic N) is 3. The minimum atomic E-state index is -2.80. The number of hydrogen-bond acceptors (Lipinski definition) is 4. The Morgan fingerprint density at radius 2 is 2.08 bits per heavy atom. The van der Waals surface area contributed by atoms with Gasteiger partial charge in [-0.15, -0.1) is 0 Å². The second-order valence-electron chi connectivity index (χ2n) is 7.01. The second-order valence-corrected chi connectivity index (χ2v) is 8.21. The molecule has 0 aromatic carbocycles. The van der Waals surface area contributed by atoms with Crippen LogP contribution in [0.15, 0.2) is 16.7 Å². The molecule has 1 saturated heterocycles. The Morgan fingerprint density at radius 1 is 1.40 bits per heavy atom. The highest BCUT2D eigenvalue weighted by atomic mass is 79.9. The Morgan fingerprint density at radius 3 is 2.64 bits per heavy atom. The van der Waals surface area contributed by atoms with Crippen molar-refractivity contribution in [1.82, 2.24) is 14.8 Å². The summed E-state index contributed by atoms with van der Waals surface area (Å²) in [7, 11) is 0. The van der Waals surface area contributed by atoms with E-state index in [1.54, 1.807) is 39.8 Å². The van der Waals surface area contributed by atoms with Crippen molar-refractivity contribution in [1.29, 1.82) is 0 Å². The lowest BCUT2D eigenvalue weighted by Gasteiger charge is -2.45. The molecule has 6 nitrogen and oxygen atoms in total. The lowest BCUT2D eigenvalue weighted by atomic mass is 10.0. The fraction of sp³-hybridized carbons (Fsp3) is 0.588. The number of piperazine rings is 1. The van der Waals surface area contributed by atoms with Crippen LogP contribution in [0.4, 0.5) is 4.79 Å². The van der Waals surface area contributed by atoms with Crippen molar-refractivity contribution in [3.05, 3.63) is 27.5 Å². The molecular weight excluding hydrogens is 410 g/mol. The number of pyridine rings is 1. The Labute approximate surface area is 165 Å². The SMILES string of the molecule is [2H]C([2H])([2H])C(=O)N1[C@H](C)CN(C(=O)OC(C)(C)C)C[C@H]1c1cc(Cl)nc(Br)c1. The first-order valence-electron chi connectivity index (χ1n) is 9.32. The molecule has 2 atom stereocenters. The maximum absolute atomic E-state index is 12.7. The minimum Gasteiger partial charge on any atom is -0.444 e. The number of ether oxygens (including phenoxy) is 1. The molecule has 0 unspecified atom stereocenters. The van der Waals surface area contributed by atoms with Gasteiger partial charge in [0.2, 0.25) is 5.91 Å². The Kier molecular flexibility index (Phi) is 4.76. The van der Waals surface area contributed by atoms with Crippen LogP contribution in [0.5, 0.6) is 0 Å². The molecule has 25 heavy (non-hydrogen) atoms. The number of rotatable bonds is 1. The standard InChI is InChI=1S/C17H23BrClN3O3/c1-10-8-21(16(24)25-17(3,4)5)9-13(22(10)11(2)23)12-6-14(18)20-15(19)7-12/h6-7,10,13H,8-9H2,1-5H3/t10-,13+/m1/s1/i2D3. The molecule has 0 spiro atoms. The van der Waals surface area contributed by atoms with E-state index in [4.69, 9.17) is 20.5 Å². The molecule has 0 N–H and O–H groups in total. The summed E-state index contributed by atoms with van der Waals surface area (Å²) in [6.45, 7) is 4.43. The van der Waals surface area contributed by atoms with Gasteiger partial charge in [0.1, 0.15) is 15.4 Å². The average Bonchev–Trinajstić information content (AvgIpc) is 2.50. The fourth-order valence-electron chi connectivity index (χ4n) is 2.84. The lowest BCUT2D eigenvalue weighted by molar-refractivity contribution is -0.137. The quantitative estimate of drug-likeness (QED) is 0.625. The van der Waals surface area contributed by atoms with Crippen molar-refractivity contribution in [2.75, 3.05) is 13.1 Å². The van der Waals surface area contributed by atoms with E-state index in [1.807, 2.05) is 0 Å². The Hall–Kier alpha value is -1.34. The number of amides is 2. The summed E-state index contributed by atoms with van der Waals surface area (Å²) in [6, 6.07) is 1.97. The zero-order chi connectivity index (χ0) is 21.4. The summed E-state index contributed by atoms with van der Waals surface area (Å²) in [5, 5.41) is 0.188. The zero-order valence-electron chi connectivity index (χ0n) is 17.5. The topological polar surface area (TPSA) is 62.7 Å². The maximum atomic E-state index is 12.7. The second kappa shape index (κ2) is 7.50. The zero-order valence-corrected chi connectivity index (χ0v) is 16.9. The summed E-state index contributed by atoms with van der Waals surface area (Å²) < 4.78 is 28.5. The molecule has 2 rings (SSSR count). The molecule has 1 aromatic heterocycles. The summed E-state index contributed by atoms with van der Waals surface area (Å²) in [5.74, 6) is -0.974. The van der Waals surface area contributed by atoms with E-state index < -0.39 is 36.5 Å². The van der Waals surface area contributed by atoms with Crippen LogP contribution in [0.3, 0.4) is 0 Å². The van der Waals surface area contributed by atoms with Crippen LogP contribution in [-0.4, -0.2) is 51.5 Å². The van der Waals surface area contributed by atoms with Gasteiger partial charge in [-0.2, -0.15) is 0 Å². The van der Waals surface area contributed by atoms with Crippen molar-refractivity contribution in [2.45, 2.75) is 52.2 Å². The Bertz CT molecular complexity index is 750. The van der Waals surface area contributed by atoms with Gasteiger partial charge in [0.05, 0.1) is 6.04 Å². The van der Waals surface area contributed by atoms with E-state index >= 15 is 0 Å². The number of carbonyl (C=O) groups is 2. The predicted octanol–water partition coefficient (Wildman–Crippen LogP) is 4.03. The molecule has 1 fully saturated rings. The molecule has 1 aliphatic heterocycles. The van der Waals surface area contributed by atoms with Gasteiger partial charge in [-0.3, -0.25) is 4.79 Å². The van der Waals surface area contributed by atoms with Crippen molar-refractivity contribution < 1.29 is 18.4 Å². The molecule has 0 radical (unpaired) electrons. The van der Waals surface area contributed by atoms with Crippen molar-refractivity contribution in [2.24, 2.45) is 0 Å². The lowest BCUT2D eigenvalue weighted by Crippen LogP contribution is -2.57. The van der Waals surface area contributed by atoms with Crippen LogP contribution in [0.1, 0.15) is 50.3 Å². The van der Waals surface area contributed by atoms with Crippen LogP contribution in [0.25, 0.3) is 0 Å². The van der Waals surface area contributed by atoms with Gasteiger partial charge in [-0.05, 0) is 61.3 Å². The maximum Gasteiger partial charge on any atom is 0.410 e. The van der Waals surface area contributed by atoms with Gasteiger partial charge in [-0.1, -0.05) is 11.6 Å². The summed E-state index contributed by atoms with van der Waals surface area (Å²) >= 11 is 9.31. The molecule has 1 aromatic rings. The van der Waals surface area contributed by atoms with Gasteiger partial charge < -0.3 is 14.5 Å². The fourth-order valence-corrected chi connectivity index (χ4v) is 3.62. The van der Waals surface area contributed by atoms with E-state index in [1.165, 1.54) is 9.80 Å². The number of carbonyl (C=O) groups excluding carboxylic acids is 2. The molecule has 2 heterocycles. The highest BCUT2D eigenvalue weighted by molar-refractivity contribution is 9.10. The Balaban J connectivity index is 2.44. The van der Waals surface area contributed by atoms with Gasteiger partial charge in [0.25, 0.3) is 0 Å². The van der Waals surface area contributed by atoms with Crippen molar-refractivity contribution in [3.63, 3.8) is 0 Å². The first-order chi connectivity index (χ1) is 12.7. The van der Waals surface area contributed by atoms with Crippen molar-refractivity contribution >= 4 is 39.5 Å². The smallest absolute Gasteiger partial charge is 0.410 e. The van der Waals surface area contributed by atoms with E-state index in [2.05, 4.69) is 20.9 Å². The van der Waals surface area contributed by atoms with Gasteiger partial charge in [-0.25, -0.2) is 9.78 Å². The normalized spacial score (nSPS) is 23.5. The third-order valence-electron chi connectivity index (χ3n) is 3.74. The third kappa shape index (κ3) is 5.07. The van der Waals surface area contributed by atoms with Crippen LogP contribution >= 0.6 is 27.5 Å². The highest BCUT2D eigenvalue weighted by Crippen LogP contribution is 2.32. The van der Waals surface area contributed by atoms with E-state index in [9.17, 15) is 9.59 Å². The number of halogens is 2. The minimum absolute atomic E-state index is 0.0772. The van der Waals surface area contributed by atoms with Crippen LogP contribution < -0.4 is 0 Å². The van der Waals surface area contributed by atoms with E-state index in [-0.39, 0.29) is 18.2 Å². The van der Waals surface area contributed by atoms with Gasteiger partial charge in [0.15, 0.2) is 0 Å². The molecule has 0 bridgehead atoms. The summed E-state index contributed by atoms with van der Waals surface area (Å²) in [4.78, 5) is 32.0. The third-order valence-corrected chi connectivity index (χ3v) is 4.34. The molecule has 0 aliphatic carbocycles. The van der Waals surface area contributed by atoms with E-state index in [0.717, 1.165) is 0 Å². The molecule has 138 valence electrons. The first-order valence-corrected chi connectivity index (χ1v) is 9.00. The molecular formula is C17H23BrClN3O3. The molecule has 8 heteroatoms. The first kappa shape index (κ1) is 15.9. The molecule has 0 saturated carbocycles. The van der Waals surface area contributed by atoms with Gasteiger partial charge in [0, 0.05) is 30.1 Å². The van der Waals surface area contributed by atoms with Crippen molar-refractivity contribution in [3.8, 4) is 0 Å². The molecule has 1 aliphatic rings. The van der Waals surface area contributed by atoms with Gasteiger partial charge >= 0.3 is 6.09 Å². The number of aromatic nitrogens is 1. The molecule has 2 amide bonds.